The molecule has 0 aliphatic rings. The van der Waals surface area contributed by atoms with Crippen molar-refractivity contribution in [3.63, 3.8) is 0 Å². The third-order valence-corrected chi connectivity index (χ3v) is 6.94. The van der Waals surface area contributed by atoms with Crippen LogP contribution < -0.4 is 11.1 Å². The molecule has 0 aromatic heterocycles. The van der Waals surface area contributed by atoms with Crippen LogP contribution in [0.15, 0.2) is 78.9 Å². The smallest absolute Gasteiger partial charge is 0.254 e. The van der Waals surface area contributed by atoms with Crippen molar-refractivity contribution in [1.29, 1.82) is 0 Å². The molecule has 0 saturated heterocycles. The number of amides is 2. The number of aliphatic hydroxyl groups is 1. The van der Waals surface area contributed by atoms with Gasteiger partial charge in [-0.05, 0) is 55.0 Å². The molecule has 0 radical (unpaired) electrons. The summed E-state index contributed by atoms with van der Waals surface area (Å²) in [7, 11) is 0. The molecule has 3 rings (SSSR count). The third kappa shape index (κ3) is 7.53. The molecule has 2 amide bonds. The summed E-state index contributed by atoms with van der Waals surface area (Å²) in [4.78, 5) is 28.3. The lowest BCUT2D eigenvalue weighted by atomic mass is 9.81. The summed E-state index contributed by atoms with van der Waals surface area (Å²) in [6.07, 6.45) is 1.23. The van der Waals surface area contributed by atoms with E-state index in [1.54, 1.807) is 18.2 Å². The van der Waals surface area contributed by atoms with Gasteiger partial charge in [-0.15, -0.1) is 0 Å². The van der Waals surface area contributed by atoms with Crippen molar-refractivity contribution >= 4 is 11.8 Å². The molecule has 0 heterocycles. The average Bonchev–Trinajstić information content (AvgIpc) is 2.94. The van der Waals surface area contributed by atoms with Gasteiger partial charge in [0.1, 0.15) is 0 Å². The van der Waals surface area contributed by atoms with E-state index in [-0.39, 0.29) is 24.1 Å². The van der Waals surface area contributed by atoms with E-state index in [0.29, 0.717) is 30.6 Å². The molecule has 0 bridgehead atoms. The van der Waals surface area contributed by atoms with Crippen molar-refractivity contribution in [1.82, 2.24) is 10.2 Å². The molecule has 0 fully saturated rings. The molecule has 0 spiro atoms. The Morgan fingerprint density at radius 1 is 0.868 bits per heavy atom. The van der Waals surface area contributed by atoms with Crippen molar-refractivity contribution in [2.75, 3.05) is 19.6 Å². The quantitative estimate of drug-likeness (QED) is 0.279. The highest BCUT2D eigenvalue weighted by Crippen LogP contribution is 2.32. The van der Waals surface area contributed by atoms with Gasteiger partial charge in [-0.3, -0.25) is 9.59 Å². The Bertz CT molecular complexity index is 1160. The van der Waals surface area contributed by atoms with Crippen molar-refractivity contribution in [2.45, 2.75) is 58.1 Å². The van der Waals surface area contributed by atoms with Crippen LogP contribution in [0, 0.1) is 0 Å². The second kappa shape index (κ2) is 14.5. The van der Waals surface area contributed by atoms with Gasteiger partial charge in [0.2, 0.25) is 5.91 Å². The molecule has 0 aliphatic carbocycles. The standard InChI is InChI=1S/C32H41N3O3/c1-4-19-35(20-5-2)32(38)27-18-12-17-26(31(33)37)30(27)28(21-24-13-8-6-9-14-24)29(36)22-34-23(3)25-15-10-7-11-16-25/h6-18,23,28-29,34,36H,4-5,19-22H2,1-3H3,(H2,33,37)/t23-,28-,29+/m1/s1. The summed E-state index contributed by atoms with van der Waals surface area (Å²) in [5.41, 5.74) is 9.19. The fraction of sp³-hybridized carbons (Fsp3) is 0.375. The van der Waals surface area contributed by atoms with E-state index in [0.717, 1.165) is 24.0 Å². The van der Waals surface area contributed by atoms with Crippen LogP contribution in [-0.4, -0.2) is 47.6 Å². The van der Waals surface area contributed by atoms with Crippen molar-refractivity contribution in [3.8, 4) is 0 Å². The van der Waals surface area contributed by atoms with E-state index >= 15 is 0 Å². The Kier molecular flexibility index (Phi) is 11.1. The Morgan fingerprint density at radius 2 is 1.45 bits per heavy atom. The summed E-state index contributed by atoms with van der Waals surface area (Å²) in [5.74, 6) is -1.27. The summed E-state index contributed by atoms with van der Waals surface area (Å²) in [5, 5.41) is 15.1. The predicted octanol–water partition coefficient (Wildman–Crippen LogP) is 5.09. The summed E-state index contributed by atoms with van der Waals surface area (Å²) < 4.78 is 0. The van der Waals surface area contributed by atoms with Crippen LogP contribution >= 0.6 is 0 Å². The van der Waals surface area contributed by atoms with E-state index in [1.807, 2.05) is 86.3 Å². The minimum absolute atomic E-state index is 0.0142. The predicted molar refractivity (Wildman–Crippen MR) is 153 cm³/mol. The molecule has 4 N–H and O–H groups in total. The molecule has 0 aliphatic heterocycles. The minimum Gasteiger partial charge on any atom is -0.391 e. The molecule has 6 heteroatoms. The summed E-state index contributed by atoms with van der Waals surface area (Å²) in [6, 6.07) is 25.0. The van der Waals surface area contributed by atoms with Crippen LogP contribution in [-0.2, 0) is 6.42 Å². The van der Waals surface area contributed by atoms with Gasteiger partial charge in [-0.2, -0.15) is 0 Å². The van der Waals surface area contributed by atoms with E-state index < -0.39 is 17.9 Å². The third-order valence-electron chi connectivity index (χ3n) is 6.94. The highest BCUT2D eigenvalue weighted by atomic mass is 16.3. The van der Waals surface area contributed by atoms with Crippen molar-refractivity contribution < 1.29 is 14.7 Å². The zero-order valence-electron chi connectivity index (χ0n) is 22.8. The molecular formula is C32H41N3O3. The van der Waals surface area contributed by atoms with Gasteiger partial charge >= 0.3 is 0 Å². The lowest BCUT2D eigenvalue weighted by molar-refractivity contribution is 0.0751. The molecule has 0 unspecified atom stereocenters. The highest BCUT2D eigenvalue weighted by Gasteiger charge is 2.31. The molecule has 3 atom stereocenters. The Balaban J connectivity index is 2.04. The number of nitrogens with zero attached hydrogens (tertiary/aromatic N) is 1. The second-order valence-electron chi connectivity index (χ2n) is 9.83. The largest absolute Gasteiger partial charge is 0.391 e. The van der Waals surface area contributed by atoms with Gasteiger partial charge in [-0.25, -0.2) is 0 Å². The number of benzene rings is 3. The molecule has 6 nitrogen and oxygen atoms in total. The number of nitrogens with one attached hydrogen (secondary N) is 1. The molecule has 3 aromatic rings. The van der Waals surface area contributed by atoms with Gasteiger partial charge in [0.05, 0.1) is 6.10 Å². The number of hydrogen-bond donors (Lipinski definition) is 3. The lowest BCUT2D eigenvalue weighted by Crippen LogP contribution is -2.38. The van der Waals surface area contributed by atoms with E-state index in [4.69, 9.17) is 5.73 Å². The van der Waals surface area contributed by atoms with E-state index in [9.17, 15) is 14.7 Å². The van der Waals surface area contributed by atoms with Crippen LogP contribution in [0.5, 0.6) is 0 Å². The number of nitrogens with two attached hydrogens (primary N) is 1. The molecule has 202 valence electrons. The number of rotatable bonds is 14. The fourth-order valence-electron chi connectivity index (χ4n) is 4.99. The molecule has 38 heavy (non-hydrogen) atoms. The van der Waals surface area contributed by atoms with Crippen LogP contribution in [0.3, 0.4) is 0 Å². The first-order chi connectivity index (χ1) is 18.4. The fourth-order valence-corrected chi connectivity index (χ4v) is 4.99. The number of carbonyl (C=O) groups is 2. The Morgan fingerprint density at radius 3 is 2.03 bits per heavy atom. The molecular weight excluding hydrogens is 474 g/mol. The van der Waals surface area contributed by atoms with Gasteiger partial charge in [-0.1, -0.05) is 80.6 Å². The van der Waals surface area contributed by atoms with Crippen LogP contribution in [0.25, 0.3) is 0 Å². The van der Waals surface area contributed by atoms with Crippen LogP contribution in [0.1, 0.15) is 83.0 Å². The summed E-state index contributed by atoms with van der Waals surface area (Å²) >= 11 is 0. The number of primary amides is 1. The molecule has 3 aromatic carbocycles. The first kappa shape index (κ1) is 29.1. The van der Waals surface area contributed by atoms with Crippen LogP contribution in [0.2, 0.25) is 0 Å². The zero-order chi connectivity index (χ0) is 27.5. The van der Waals surface area contributed by atoms with Crippen molar-refractivity contribution in [2.24, 2.45) is 5.73 Å². The Hall–Kier alpha value is -3.48. The topological polar surface area (TPSA) is 95.7 Å². The minimum atomic E-state index is -0.876. The first-order valence-corrected chi connectivity index (χ1v) is 13.6. The van der Waals surface area contributed by atoms with Gasteiger partial charge in [0, 0.05) is 42.7 Å². The second-order valence-corrected chi connectivity index (χ2v) is 9.83. The van der Waals surface area contributed by atoms with Crippen molar-refractivity contribution in [3.05, 3.63) is 107 Å². The Labute approximate surface area is 226 Å². The maximum Gasteiger partial charge on any atom is 0.254 e. The zero-order valence-corrected chi connectivity index (χ0v) is 22.8. The van der Waals surface area contributed by atoms with Gasteiger partial charge in [0.15, 0.2) is 0 Å². The monoisotopic (exact) mass is 515 g/mol. The van der Waals surface area contributed by atoms with Gasteiger partial charge < -0.3 is 21.1 Å². The SMILES string of the molecule is CCCN(CCC)C(=O)c1cccc(C(N)=O)c1[C@H](Cc1ccccc1)[C@@H](O)CN[C@H](C)c1ccccc1. The molecule has 0 saturated carbocycles. The van der Waals surface area contributed by atoms with Gasteiger partial charge in [0.25, 0.3) is 5.91 Å². The van der Waals surface area contributed by atoms with E-state index in [1.165, 1.54) is 0 Å². The average molecular weight is 516 g/mol. The first-order valence-electron chi connectivity index (χ1n) is 13.6. The van der Waals surface area contributed by atoms with Crippen LogP contribution in [0.4, 0.5) is 0 Å². The normalized spacial score (nSPS) is 13.5. The summed E-state index contributed by atoms with van der Waals surface area (Å²) in [6.45, 7) is 7.65. The lowest BCUT2D eigenvalue weighted by Gasteiger charge is -2.30. The maximum absolute atomic E-state index is 13.8. The maximum atomic E-state index is 13.8. The number of carbonyl (C=O) groups excluding carboxylic acids is 2. The number of hydrogen-bond acceptors (Lipinski definition) is 4. The number of aliphatic hydroxyl groups excluding tert-OH is 1. The van der Waals surface area contributed by atoms with E-state index in [2.05, 4.69) is 5.32 Å². The highest BCUT2D eigenvalue weighted by molar-refractivity contribution is 6.02.